The average Bonchev–Trinajstić information content (AvgIpc) is 2.81. The summed E-state index contributed by atoms with van der Waals surface area (Å²) >= 11 is 0. The van der Waals surface area contributed by atoms with Crippen LogP contribution in [-0.2, 0) is 16.0 Å². The summed E-state index contributed by atoms with van der Waals surface area (Å²) in [5, 5.41) is 15.6. The maximum Gasteiger partial charge on any atom is 0.236 e. The van der Waals surface area contributed by atoms with Crippen LogP contribution in [0.2, 0.25) is 0 Å². The summed E-state index contributed by atoms with van der Waals surface area (Å²) < 4.78 is 4.90. The molecule has 0 radical (unpaired) electrons. The van der Waals surface area contributed by atoms with Gasteiger partial charge in [0.2, 0.25) is 5.91 Å². The molecule has 5 heteroatoms. The number of rotatable bonds is 6. The molecule has 1 aliphatic rings. The smallest absolute Gasteiger partial charge is 0.236 e. The molecule has 2 atom stereocenters. The number of carbonyl (C=O) groups excluding carboxylic acids is 1. The standard InChI is InChI=1S/C15H22N2O3/c1-10(15(19)16-7-8-20-2)17-14-6-3-11-9-12(18)4-5-13(11)14/h4-5,9-10,14,17-18H,3,6-8H2,1-2H3,(H,16,19). The van der Waals surface area contributed by atoms with Gasteiger partial charge in [0, 0.05) is 19.7 Å². The lowest BCUT2D eigenvalue weighted by Crippen LogP contribution is -2.44. The molecule has 1 aromatic rings. The second-order valence-electron chi connectivity index (χ2n) is 5.15. The van der Waals surface area contributed by atoms with E-state index in [0.29, 0.717) is 18.9 Å². The van der Waals surface area contributed by atoms with E-state index >= 15 is 0 Å². The number of phenolic OH excluding ortho intramolecular Hbond substituents is 1. The molecule has 1 amide bonds. The number of ether oxygens (including phenoxy) is 1. The van der Waals surface area contributed by atoms with E-state index < -0.39 is 0 Å². The van der Waals surface area contributed by atoms with Crippen LogP contribution in [0, 0.1) is 0 Å². The summed E-state index contributed by atoms with van der Waals surface area (Å²) in [7, 11) is 1.61. The van der Waals surface area contributed by atoms with E-state index in [4.69, 9.17) is 4.74 Å². The fourth-order valence-corrected chi connectivity index (χ4v) is 2.58. The quantitative estimate of drug-likeness (QED) is 0.682. The molecule has 20 heavy (non-hydrogen) atoms. The minimum absolute atomic E-state index is 0.0192. The van der Waals surface area contributed by atoms with Gasteiger partial charge < -0.3 is 15.2 Å². The molecule has 1 aliphatic carbocycles. The number of benzene rings is 1. The van der Waals surface area contributed by atoms with Crippen LogP contribution in [-0.4, -0.2) is 37.3 Å². The van der Waals surface area contributed by atoms with Crippen LogP contribution in [0.5, 0.6) is 5.75 Å². The second kappa shape index (κ2) is 6.72. The fourth-order valence-electron chi connectivity index (χ4n) is 2.58. The van der Waals surface area contributed by atoms with E-state index in [1.807, 2.05) is 13.0 Å². The van der Waals surface area contributed by atoms with Crippen molar-refractivity contribution in [3.05, 3.63) is 29.3 Å². The third-order valence-electron chi connectivity index (χ3n) is 3.65. The Morgan fingerprint density at radius 2 is 2.35 bits per heavy atom. The topological polar surface area (TPSA) is 70.6 Å². The van der Waals surface area contributed by atoms with Gasteiger partial charge in [-0.3, -0.25) is 10.1 Å². The lowest BCUT2D eigenvalue weighted by atomic mass is 10.1. The highest BCUT2D eigenvalue weighted by atomic mass is 16.5. The van der Waals surface area contributed by atoms with Crippen molar-refractivity contribution in [3.63, 3.8) is 0 Å². The number of nitrogens with one attached hydrogen (secondary N) is 2. The largest absolute Gasteiger partial charge is 0.508 e. The van der Waals surface area contributed by atoms with Crippen LogP contribution in [0.1, 0.15) is 30.5 Å². The number of methoxy groups -OCH3 is 1. The lowest BCUT2D eigenvalue weighted by Gasteiger charge is -2.20. The van der Waals surface area contributed by atoms with Crippen LogP contribution in [0.3, 0.4) is 0 Å². The minimum atomic E-state index is -0.253. The molecule has 3 N–H and O–H groups in total. The first kappa shape index (κ1) is 14.8. The zero-order valence-electron chi connectivity index (χ0n) is 12.0. The Balaban J connectivity index is 1.90. The van der Waals surface area contributed by atoms with E-state index in [1.54, 1.807) is 19.2 Å². The Hall–Kier alpha value is -1.59. The summed E-state index contributed by atoms with van der Waals surface area (Å²) in [5.41, 5.74) is 2.34. The molecule has 0 aromatic heterocycles. The van der Waals surface area contributed by atoms with Crippen molar-refractivity contribution < 1.29 is 14.6 Å². The first-order valence-corrected chi connectivity index (χ1v) is 6.96. The number of carbonyl (C=O) groups is 1. The summed E-state index contributed by atoms with van der Waals surface area (Å²) in [5.74, 6) is 0.282. The van der Waals surface area contributed by atoms with E-state index in [-0.39, 0.29) is 18.0 Å². The summed E-state index contributed by atoms with van der Waals surface area (Å²) in [4.78, 5) is 11.9. The van der Waals surface area contributed by atoms with Crippen LogP contribution < -0.4 is 10.6 Å². The number of hydrogen-bond acceptors (Lipinski definition) is 4. The molecule has 0 fully saturated rings. The number of phenols is 1. The van der Waals surface area contributed by atoms with Crippen molar-refractivity contribution in [2.75, 3.05) is 20.3 Å². The molecule has 0 saturated heterocycles. The molecule has 0 saturated carbocycles. The maximum absolute atomic E-state index is 11.9. The van der Waals surface area contributed by atoms with Gasteiger partial charge in [0.15, 0.2) is 0 Å². The van der Waals surface area contributed by atoms with Gasteiger partial charge in [-0.05, 0) is 43.0 Å². The molecule has 110 valence electrons. The van der Waals surface area contributed by atoms with Gasteiger partial charge in [-0.25, -0.2) is 0 Å². The van der Waals surface area contributed by atoms with E-state index in [0.717, 1.165) is 18.4 Å². The maximum atomic E-state index is 11.9. The molecule has 0 aliphatic heterocycles. The van der Waals surface area contributed by atoms with Gasteiger partial charge in [0.25, 0.3) is 0 Å². The van der Waals surface area contributed by atoms with Crippen LogP contribution in [0.25, 0.3) is 0 Å². The first-order chi connectivity index (χ1) is 9.61. The third kappa shape index (κ3) is 3.49. The Labute approximate surface area is 119 Å². The third-order valence-corrected chi connectivity index (χ3v) is 3.65. The normalized spacial score (nSPS) is 18.6. The molecule has 2 unspecified atom stereocenters. The number of hydrogen-bond donors (Lipinski definition) is 3. The summed E-state index contributed by atoms with van der Waals surface area (Å²) in [6.07, 6.45) is 1.88. The number of aromatic hydroxyl groups is 1. The molecule has 0 bridgehead atoms. The molecular weight excluding hydrogens is 256 g/mol. The van der Waals surface area contributed by atoms with E-state index in [9.17, 15) is 9.90 Å². The Kier molecular flexibility index (Phi) is 4.98. The van der Waals surface area contributed by atoms with Crippen molar-refractivity contribution in [2.45, 2.75) is 31.8 Å². The average molecular weight is 278 g/mol. The number of fused-ring (bicyclic) bond motifs is 1. The monoisotopic (exact) mass is 278 g/mol. The SMILES string of the molecule is COCCNC(=O)C(C)NC1CCc2cc(O)ccc21. The number of amides is 1. The molecule has 2 rings (SSSR count). The Bertz CT molecular complexity index is 476. The van der Waals surface area contributed by atoms with Gasteiger partial charge >= 0.3 is 0 Å². The second-order valence-corrected chi connectivity index (χ2v) is 5.15. The van der Waals surface area contributed by atoms with Crippen molar-refractivity contribution in [3.8, 4) is 5.75 Å². The summed E-state index contributed by atoms with van der Waals surface area (Å²) in [6, 6.07) is 5.36. The molecule has 0 heterocycles. The molecule has 5 nitrogen and oxygen atoms in total. The minimum Gasteiger partial charge on any atom is -0.508 e. The summed E-state index contributed by atoms with van der Waals surface area (Å²) in [6.45, 7) is 2.90. The van der Waals surface area contributed by atoms with E-state index in [1.165, 1.54) is 5.56 Å². The van der Waals surface area contributed by atoms with Gasteiger partial charge in [0.1, 0.15) is 5.75 Å². The van der Waals surface area contributed by atoms with Crippen LogP contribution in [0.15, 0.2) is 18.2 Å². The van der Waals surface area contributed by atoms with Crippen molar-refractivity contribution >= 4 is 5.91 Å². The van der Waals surface area contributed by atoms with Crippen molar-refractivity contribution in [1.82, 2.24) is 10.6 Å². The highest BCUT2D eigenvalue weighted by Crippen LogP contribution is 2.33. The number of aryl methyl sites for hydroxylation is 1. The van der Waals surface area contributed by atoms with Crippen molar-refractivity contribution in [1.29, 1.82) is 0 Å². The fraction of sp³-hybridized carbons (Fsp3) is 0.533. The molecular formula is C15H22N2O3. The van der Waals surface area contributed by atoms with Crippen LogP contribution in [0.4, 0.5) is 0 Å². The highest BCUT2D eigenvalue weighted by Gasteiger charge is 2.25. The Morgan fingerprint density at radius 1 is 1.55 bits per heavy atom. The van der Waals surface area contributed by atoms with Crippen molar-refractivity contribution in [2.24, 2.45) is 0 Å². The zero-order valence-corrected chi connectivity index (χ0v) is 12.0. The van der Waals surface area contributed by atoms with E-state index in [2.05, 4.69) is 10.6 Å². The van der Waals surface area contributed by atoms with Gasteiger partial charge in [-0.15, -0.1) is 0 Å². The molecule has 0 spiro atoms. The lowest BCUT2D eigenvalue weighted by molar-refractivity contribution is -0.123. The predicted molar refractivity (Wildman–Crippen MR) is 76.7 cm³/mol. The predicted octanol–water partition coefficient (Wildman–Crippen LogP) is 1.12. The van der Waals surface area contributed by atoms with Gasteiger partial charge in [-0.1, -0.05) is 6.07 Å². The first-order valence-electron chi connectivity index (χ1n) is 6.96. The zero-order chi connectivity index (χ0) is 14.5. The molecule has 1 aromatic carbocycles. The van der Waals surface area contributed by atoms with Gasteiger partial charge in [0.05, 0.1) is 12.6 Å². The van der Waals surface area contributed by atoms with Crippen LogP contribution >= 0.6 is 0 Å². The van der Waals surface area contributed by atoms with Gasteiger partial charge in [-0.2, -0.15) is 0 Å². The highest BCUT2D eigenvalue weighted by molar-refractivity contribution is 5.81. The Morgan fingerprint density at radius 3 is 3.10 bits per heavy atom.